The predicted octanol–water partition coefficient (Wildman–Crippen LogP) is 2.12. The van der Waals surface area contributed by atoms with Crippen LogP contribution in [-0.2, 0) is 0 Å². The Labute approximate surface area is 85.9 Å². The molecule has 1 aromatic carbocycles. The fourth-order valence-electron chi connectivity index (χ4n) is 1.78. The van der Waals surface area contributed by atoms with Crippen molar-refractivity contribution in [3.8, 4) is 5.75 Å². The maximum absolute atomic E-state index is 5.26. The monoisotopic (exact) mass is 199 g/mol. The number of pyridine rings is 1. The van der Waals surface area contributed by atoms with Gasteiger partial charge in [-0.1, -0.05) is 12.1 Å². The minimum absolute atomic E-state index is 0.788. The van der Waals surface area contributed by atoms with E-state index < -0.39 is 0 Å². The molecule has 0 atom stereocenters. The van der Waals surface area contributed by atoms with Crippen molar-refractivity contribution in [3.63, 3.8) is 0 Å². The van der Waals surface area contributed by atoms with Crippen LogP contribution in [0.4, 0.5) is 0 Å². The van der Waals surface area contributed by atoms with Crippen LogP contribution in [0.15, 0.2) is 30.6 Å². The normalized spacial score (nSPS) is 11.0. The SMILES string of the molecule is COc1cccc2c1ncc1[nH]ncc12. The Morgan fingerprint density at radius 1 is 1.20 bits per heavy atom. The number of rotatable bonds is 1. The van der Waals surface area contributed by atoms with Crippen LogP contribution in [-0.4, -0.2) is 22.3 Å². The molecule has 0 aliphatic heterocycles. The molecular weight excluding hydrogens is 190 g/mol. The van der Waals surface area contributed by atoms with Gasteiger partial charge in [0, 0.05) is 10.8 Å². The number of H-pyrrole nitrogens is 1. The summed E-state index contributed by atoms with van der Waals surface area (Å²) in [6, 6.07) is 5.87. The molecular formula is C11H9N3O. The van der Waals surface area contributed by atoms with Gasteiger partial charge in [-0.05, 0) is 6.07 Å². The van der Waals surface area contributed by atoms with E-state index in [9.17, 15) is 0 Å². The van der Waals surface area contributed by atoms with Gasteiger partial charge in [0.05, 0.1) is 25.0 Å². The summed E-state index contributed by atoms with van der Waals surface area (Å²) >= 11 is 0. The summed E-state index contributed by atoms with van der Waals surface area (Å²) in [6.07, 6.45) is 3.58. The van der Waals surface area contributed by atoms with Gasteiger partial charge in [-0.3, -0.25) is 10.1 Å². The van der Waals surface area contributed by atoms with E-state index in [2.05, 4.69) is 15.2 Å². The first kappa shape index (κ1) is 8.23. The summed E-state index contributed by atoms with van der Waals surface area (Å²) in [5.41, 5.74) is 1.81. The first-order valence-electron chi connectivity index (χ1n) is 4.65. The largest absolute Gasteiger partial charge is 0.494 e. The number of hydrogen-bond acceptors (Lipinski definition) is 3. The maximum Gasteiger partial charge on any atom is 0.145 e. The molecule has 2 heterocycles. The van der Waals surface area contributed by atoms with Crippen molar-refractivity contribution in [2.75, 3.05) is 7.11 Å². The van der Waals surface area contributed by atoms with E-state index >= 15 is 0 Å². The highest BCUT2D eigenvalue weighted by Gasteiger charge is 2.06. The first-order chi connectivity index (χ1) is 7.40. The molecule has 4 nitrogen and oxygen atoms in total. The molecule has 0 saturated heterocycles. The standard InChI is InChI=1S/C11H9N3O/c1-15-10-4-2-3-7-8-5-13-14-9(8)6-12-11(7)10/h2-6H,1H3,(H,13,14). The molecule has 0 unspecified atom stereocenters. The lowest BCUT2D eigenvalue weighted by molar-refractivity contribution is 0.419. The van der Waals surface area contributed by atoms with Gasteiger partial charge >= 0.3 is 0 Å². The number of nitrogens with one attached hydrogen (secondary N) is 1. The van der Waals surface area contributed by atoms with Crippen molar-refractivity contribution in [2.24, 2.45) is 0 Å². The summed E-state index contributed by atoms with van der Waals surface area (Å²) in [7, 11) is 1.65. The van der Waals surface area contributed by atoms with Gasteiger partial charge in [0.15, 0.2) is 0 Å². The molecule has 74 valence electrons. The Balaban J connectivity index is 2.53. The summed E-state index contributed by atoms with van der Waals surface area (Å²) in [5, 5.41) is 9.02. The third-order valence-corrected chi connectivity index (χ3v) is 2.50. The Hall–Kier alpha value is -2.10. The van der Waals surface area contributed by atoms with E-state index in [4.69, 9.17) is 4.74 Å². The number of aromatic amines is 1. The Morgan fingerprint density at radius 3 is 3.00 bits per heavy atom. The molecule has 0 amide bonds. The molecule has 0 aliphatic rings. The molecule has 0 fully saturated rings. The smallest absolute Gasteiger partial charge is 0.145 e. The fraction of sp³-hybridized carbons (Fsp3) is 0.0909. The lowest BCUT2D eigenvalue weighted by Crippen LogP contribution is -1.87. The van der Waals surface area contributed by atoms with Crippen LogP contribution in [0.5, 0.6) is 5.75 Å². The predicted molar refractivity (Wildman–Crippen MR) is 57.9 cm³/mol. The first-order valence-corrected chi connectivity index (χ1v) is 4.65. The topological polar surface area (TPSA) is 50.8 Å². The van der Waals surface area contributed by atoms with E-state index in [1.165, 1.54) is 0 Å². The van der Waals surface area contributed by atoms with E-state index in [-0.39, 0.29) is 0 Å². The zero-order chi connectivity index (χ0) is 10.3. The van der Waals surface area contributed by atoms with Crippen molar-refractivity contribution >= 4 is 21.8 Å². The summed E-state index contributed by atoms with van der Waals surface area (Å²) < 4.78 is 5.26. The Bertz CT molecular complexity index is 630. The van der Waals surface area contributed by atoms with Gasteiger partial charge < -0.3 is 4.74 Å². The van der Waals surface area contributed by atoms with Crippen molar-refractivity contribution in [3.05, 3.63) is 30.6 Å². The number of para-hydroxylation sites is 1. The number of methoxy groups -OCH3 is 1. The zero-order valence-corrected chi connectivity index (χ0v) is 8.19. The van der Waals surface area contributed by atoms with E-state index in [1.807, 2.05) is 18.2 Å². The summed E-state index contributed by atoms with van der Waals surface area (Å²) in [6.45, 7) is 0. The van der Waals surface area contributed by atoms with Gasteiger partial charge in [0.1, 0.15) is 11.3 Å². The Kier molecular flexibility index (Phi) is 1.62. The minimum Gasteiger partial charge on any atom is -0.494 e. The third kappa shape index (κ3) is 1.08. The molecule has 0 aliphatic carbocycles. The highest BCUT2D eigenvalue weighted by Crippen LogP contribution is 2.28. The van der Waals surface area contributed by atoms with Crippen LogP contribution in [0, 0.1) is 0 Å². The van der Waals surface area contributed by atoms with E-state index in [1.54, 1.807) is 19.5 Å². The van der Waals surface area contributed by atoms with Gasteiger partial charge in [-0.15, -0.1) is 0 Å². The molecule has 0 radical (unpaired) electrons. The quantitative estimate of drug-likeness (QED) is 0.653. The van der Waals surface area contributed by atoms with Crippen molar-refractivity contribution in [1.82, 2.24) is 15.2 Å². The second kappa shape index (κ2) is 2.95. The number of benzene rings is 1. The van der Waals surface area contributed by atoms with Crippen molar-refractivity contribution in [1.29, 1.82) is 0 Å². The lowest BCUT2D eigenvalue weighted by atomic mass is 10.1. The molecule has 4 heteroatoms. The highest BCUT2D eigenvalue weighted by molar-refractivity contribution is 6.05. The fourth-order valence-corrected chi connectivity index (χ4v) is 1.78. The Morgan fingerprint density at radius 2 is 2.13 bits per heavy atom. The average Bonchev–Trinajstić information content (AvgIpc) is 2.76. The number of aromatic nitrogens is 3. The van der Waals surface area contributed by atoms with Gasteiger partial charge in [0.25, 0.3) is 0 Å². The zero-order valence-electron chi connectivity index (χ0n) is 8.19. The van der Waals surface area contributed by atoms with Crippen LogP contribution >= 0.6 is 0 Å². The molecule has 3 aromatic rings. The molecule has 1 N–H and O–H groups in total. The molecule has 15 heavy (non-hydrogen) atoms. The number of hydrogen-bond donors (Lipinski definition) is 1. The van der Waals surface area contributed by atoms with Crippen LogP contribution < -0.4 is 4.74 Å². The number of nitrogens with zero attached hydrogens (tertiary/aromatic N) is 2. The van der Waals surface area contributed by atoms with E-state index in [0.717, 1.165) is 27.6 Å². The van der Waals surface area contributed by atoms with Crippen molar-refractivity contribution < 1.29 is 4.74 Å². The molecule has 2 aromatic heterocycles. The van der Waals surface area contributed by atoms with Crippen molar-refractivity contribution in [2.45, 2.75) is 0 Å². The maximum atomic E-state index is 5.26. The second-order valence-electron chi connectivity index (χ2n) is 3.31. The van der Waals surface area contributed by atoms with Gasteiger partial charge in [-0.25, -0.2) is 0 Å². The molecule has 0 spiro atoms. The lowest BCUT2D eigenvalue weighted by Gasteiger charge is -2.04. The van der Waals surface area contributed by atoms with Crippen LogP contribution in [0.2, 0.25) is 0 Å². The number of ether oxygens (including phenoxy) is 1. The van der Waals surface area contributed by atoms with Gasteiger partial charge in [0.2, 0.25) is 0 Å². The summed E-state index contributed by atoms with van der Waals surface area (Å²) in [5.74, 6) is 0.788. The van der Waals surface area contributed by atoms with Crippen LogP contribution in [0.1, 0.15) is 0 Å². The minimum atomic E-state index is 0.788. The number of fused-ring (bicyclic) bond motifs is 3. The van der Waals surface area contributed by atoms with Crippen LogP contribution in [0.3, 0.4) is 0 Å². The molecule has 3 rings (SSSR count). The van der Waals surface area contributed by atoms with E-state index in [0.29, 0.717) is 0 Å². The molecule has 0 saturated carbocycles. The molecule has 0 bridgehead atoms. The summed E-state index contributed by atoms with van der Waals surface area (Å²) in [4.78, 5) is 4.36. The third-order valence-electron chi connectivity index (χ3n) is 2.50. The van der Waals surface area contributed by atoms with Gasteiger partial charge in [-0.2, -0.15) is 5.10 Å². The van der Waals surface area contributed by atoms with Crippen LogP contribution in [0.25, 0.3) is 21.8 Å². The second-order valence-corrected chi connectivity index (χ2v) is 3.31. The average molecular weight is 199 g/mol. The highest BCUT2D eigenvalue weighted by atomic mass is 16.5.